The average Bonchev–Trinajstić information content (AvgIpc) is 2.29. The van der Waals surface area contributed by atoms with E-state index in [2.05, 4.69) is 17.1 Å². The number of carbonyl (C=O) groups is 1. The third kappa shape index (κ3) is 3.99. The molecule has 88 valence electrons. The van der Waals surface area contributed by atoms with Crippen molar-refractivity contribution in [3.8, 4) is 0 Å². The second-order valence-corrected chi connectivity index (χ2v) is 4.58. The van der Waals surface area contributed by atoms with Crippen LogP contribution in [0, 0.1) is 5.92 Å². The van der Waals surface area contributed by atoms with Gasteiger partial charge in [0.05, 0.1) is 0 Å². The molecular weight excluding hydrogens is 212 g/mol. The van der Waals surface area contributed by atoms with Crippen molar-refractivity contribution >= 4 is 17.5 Å². The molecule has 0 saturated carbocycles. The van der Waals surface area contributed by atoms with Crippen LogP contribution in [0.2, 0.25) is 0 Å². The molecule has 4 heteroatoms. The summed E-state index contributed by atoms with van der Waals surface area (Å²) in [5, 5.41) is 3.06. The van der Waals surface area contributed by atoms with Crippen LogP contribution in [-0.4, -0.2) is 42.4 Å². The zero-order valence-electron chi connectivity index (χ0n) is 9.63. The number of likely N-dealkylation sites (tertiary alicyclic amines) is 1. The highest BCUT2D eigenvalue weighted by molar-refractivity contribution is 6.19. The second-order valence-electron chi connectivity index (χ2n) is 4.27. The van der Waals surface area contributed by atoms with E-state index in [1.807, 2.05) is 6.92 Å². The monoisotopic (exact) mass is 232 g/mol. The summed E-state index contributed by atoms with van der Waals surface area (Å²) in [5.41, 5.74) is 0. The fraction of sp³-hybridized carbons (Fsp3) is 0.909. The number of rotatable bonds is 4. The Balaban J connectivity index is 2.26. The van der Waals surface area contributed by atoms with Crippen LogP contribution in [0.5, 0.6) is 0 Å². The summed E-state index contributed by atoms with van der Waals surface area (Å²) in [7, 11) is 0. The smallest absolute Gasteiger partial charge is 0.224 e. The van der Waals surface area contributed by atoms with E-state index in [4.69, 9.17) is 11.6 Å². The van der Waals surface area contributed by atoms with Crippen molar-refractivity contribution in [2.24, 2.45) is 5.92 Å². The number of nitrogens with one attached hydrogen (secondary N) is 1. The molecule has 1 atom stereocenters. The Bertz CT molecular complexity index is 203. The topological polar surface area (TPSA) is 32.3 Å². The Hall–Kier alpha value is -0.280. The molecule has 15 heavy (non-hydrogen) atoms. The van der Waals surface area contributed by atoms with Crippen LogP contribution >= 0.6 is 11.6 Å². The maximum atomic E-state index is 11.6. The predicted octanol–water partition coefficient (Wildman–Crippen LogP) is 1.46. The van der Waals surface area contributed by atoms with Gasteiger partial charge in [-0.05, 0) is 19.4 Å². The Labute approximate surface area is 97.2 Å². The predicted molar refractivity (Wildman–Crippen MR) is 63.2 cm³/mol. The Morgan fingerprint density at radius 3 is 2.60 bits per heavy atom. The molecule has 1 fully saturated rings. The van der Waals surface area contributed by atoms with Gasteiger partial charge in [0.15, 0.2) is 0 Å². The third-order valence-electron chi connectivity index (χ3n) is 3.06. The lowest BCUT2D eigenvalue weighted by atomic mass is 10.0. The van der Waals surface area contributed by atoms with E-state index in [0.29, 0.717) is 11.9 Å². The van der Waals surface area contributed by atoms with Gasteiger partial charge in [-0.3, -0.25) is 4.79 Å². The van der Waals surface area contributed by atoms with Crippen molar-refractivity contribution < 1.29 is 4.79 Å². The number of amides is 1. The standard InChI is InChI=1S/C11H21ClN2O/c1-3-14-6-4-10(5-7-14)13-11(15)9(2)8-12/h9-10H,3-8H2,1-2H3,(H,13,15). The molecule has 1 N–H and O–H groups in total. The fourth-order valence-corrected chi connectivity index (χ4v) is 1.95. The molecule has 1 saturated heterocycles. The molecule has 0 aromatic carbocycles. The van der Waals surface area contributed by atoms with Gasteiger partial charge in [0.25, 0.3) is 0 Å². The average molecular weight is 233 g/mol. The van der Waals surface area contributed by atoms with Crippen LogP contribution in [0.1, 0.15) is 26.7 Å². The van der Waals surface area contributed by atoms with E-state index in [0.717, 1.165) is 32.5 Å². The Morgan fingerprint density at radius 2 is 2.13 bits per heavy atom. The normalized spacial score (nSPS) is 21.3. The molecule has 0 aliphatic carbocycles. The number of nitrogens with zero attached hydrogens (tertiary/aromatic N) is 1. The van der Waals surface area contributed by atoms with Crippen LogP contribution in [0.15, 0.2) is 0 Å². The summed E-state index contributed by atoms with van der Waals surface area (Å²) in [5.74, 6) is 0.426. The Morgan fingerprint density at radius 1 is 1.53 bits per heavy atom. The maximum Gasteiger partial charge on any atom is 0.224 e. The first-order valence-electron chi connectivity index (χ1n) is 5.76. The first-order chi connectivity index (χ1) is 7.17. The minimum atomic E-state index is -0.0733. The summed E-state index contributed by atoms with van der Waals surface area (Å²) >= 11 is 5.64. The number of hydrogen-bond acceptors (Lipinski definition) is 2. The lowest BCUT2D eigenvalue weighted by molar-refractivity contribution is -0.124. The lowest BCUT2D eigenvalue weighted by Gasteiger charge is -2.31. The first kappa shape index (κ1) is 12.8. The molecule has 0 aromatic rings. The van der Waals surface area contributed by atoms with Gasteiger partial charge in [0, 0.05) is 30.9 Å². The first-order valence-corrected chi connectivity index (χ1v) is 6.29. The van der Waals surface area contributed by atoms with E-state index in [9.17, 15) is 4.79 Å². The maximum absolute atomic E-state index is 11.6. The molecule has 1 unspecified atom stereocenters. The molecule has 0 spiro atoms. The number of piperidine rings is 1. The van der Waals surface area contributed by atoms with Gasteiger partial charge in [-0.25, -0.2) is 0 Å². The number of hydrogen-bond donors (Lipinski definition) is 1. The van der Waals surface area contributed by atoms with E-state index in [-0.39, 0.29) is 11.8 Å². The van der Waals surface area contributed by atoms with Crippen molar-refractivity contribution in [1.29, 1.82) is 0 Å². The quantitative estimate of drug-likeness (QED) is 0.745. The fourth-order valence-electron chi connectivity index (χ4n) is 1.81. The van der Waals surface area contributed by atoms with Gasteiger partial charge in [-0.2, -0.15) is 0 Å². The molecule has 0 radical (unpaired) electrons. The largest absolute Gasteiger partial charge is 0.353 e. The summed E-state index contributed by atoms with van der Waals surface area (Å²) in [6.07, 6.45) is 2.13. The number of alkyl halides is 1. The molecule has 1 aliphatic heterocycles. The van der Waals surface area contributed by atoms with Crippen LogP contribution in [-0.2, 0) is 4.79 Å². The molecule has 0 aromatic heterocycles. The van der Waals surface area contributed by atoms with Crippen molar-refractivity contribution in [2.75, 3.05) is 25.5 Å². The van der Waals surface area contributed by atoms with Crippen molar-refractivity contribution in [3.05, 3.63) is 0 Å². The van der Waals surface area contributed by atoms with Crippen LogP contribution < -0.4 is 5.32 Å². The van der Waals surface area contributed by atoms with Gasteiger partial charge in [-0.15, -0.1) is 11.6 Å². The molecule has 3 nitrogen and oxygen atoms in total. The zero-order chi connectivity index (χ0) is 11.3. The van der Waals surface area contributed by atoms with E-state index in [1.165, 1.54) is 0 Å². The van der Waals surface area contributed by atoms with E-state index in [1.54, 1.807) is 0 Å². The van der Waals surface area contributed by atoms with E-state index < -0.39 is 0 Å². The SMILES string of the molecule is CCN1CCC(NC(=O)C(C)CCl)CC1. The second kappa shape index (κ2) is 6.33. The summed E-state index contributed by atoms with van der Waals surface area (Å²) in [6.45, 7) is 7.34. The summed E-state index contributed by atoms with van der Waals surface area (Å²) < 4.78 is 0. The summed E-state index contributed by atoms with van der Waals surface area (Å²) in [6, 6.07) is 0.353. The third-order valence-corrected chi connectivity index (χ3v) is 3.52. The molecule has 1 aliphatic rings. The number of halogens is 1. The van der Waals surface area contributed by atoms with Crippen LogP contribution in [0.3, 0.4) is 0 Å². The van der Waals surface area contributed by atoms with E-state index >= 15 is 0 Å². The number of carbonyl (C=O) groups excluding carboxylic acids is 1. The van der Waals surface area contributed by atoms with Crippen molar-refractivity contribution in [2.45, 2.75) is 32.7 Å². The highest BCUT2D eigenvalue weighted by Crippen LogP contribution is 2.10. The minimum absolute atomic E-state index is 0.0733. The molecule has 1 amide bonds. The van der Waals surface area contributed by atoms with Crippen molar-refractivity contribution in [1.82, 2.24) is 10.2 Å². The van der Waals surface area contributed by atoms with Gasteiger partial charge in [0.1, 0.15) is 0 Å². The highest BCUT2D eigenvalue weighted by Gasteiger charge is 2.21. The summed E-state index contributed by atoms with van der Waals surface area (Å²) in [4.78, 5) is 14.0. The molecule has 1 rings (SSSR count). The van der Waals surface area contributed by atoms with Gasteiger partial charge >= 0.3 is 0 Å². The zero-order valence-corrected chi connectivity index (χ0v) is 10.4. The molecule has 1 heterocycles. The highest BCUT2D eigenvalue weighted by atomic mass is 35.5. The molecular formula is C11H21ClN2O. The minimum Gasteiger partial charge on any atom is -0.353 e. The molecule has 0 bridgehead atoms. The Kier molecular flexibility index (Phi) is 5.40. The van der Waals surface area contributed by atoms with Gasteiger partial charge in [0.2, 0.25) is 5.91 Å². The van der Waals surface area contributed by atoms with Gasteiger partial charge < -0.3 is 10.2 Å². The van der Waals surface area contributed by atoms with Crippen LogP contribution in [0.4, 0.5) is 0 Å². The van der Waals surface area contributed by atoms with Gasteiger partial charge in [-0.1, -0.05) is 13.8 Å². The lowest BCUT2D eigenvalue weighted by Crippen LogP contribution is -2.46. The van der Waals surface area contributed by atoms with Crippen LogP contribution in [0.25, 0.3) is 0 Å². The van der Waals surface area contributed by atoms with Crippen molar-refractivity contribution in [3.63, 3.8) is 0 Å².